The number of imide groups is 1. The van der Waals surface area contributed by atoms with E-state index in [-0.39, 0.29) is 10.7 Å². The lowest BCUT2D eigenvalue weighted by molar-refractivity contribution is -0.384. The van der Waals surface area contributed by atoms with Crippen LogP contribution in [0.2, 0.25) is 5.02 Å². The van der Waals surface area contributed by atoms with E-state index < -0.39 is 22.4 Å². The Morgan fingerprint density at radius 3 is 2.54 bits per heavy atom. The number of methoxy groups -OCH3 is 1. The number of amides is 3. The highest BCUT2D eigenvalue weighted by Gasteiger charge is 2.49. The molecule has 1 aliphatic heterocycles. The second-order valence-electron chi connectivity index (χ2n) is 6.11. The molecule has 0 radical (unpaired) electrons. The Kier molecular flexibility index (Phi) is 5.02. The third-order valence-corrected chi connectivity index (χ3v) is 4.65. The van der Waals surface area contributed by atoms with Gasteiger partial charge in [0.2, 0.25) is 0 Å². The summed E-state index contributed by atoms with van der Waals surface area (Å²) in [6.45, 7) is 1.57. The van der Waals surface area contributed by atoms with Crippen LogP contribution in [0.4, 0.5) is 10.5 Å². The van der Waals surface area contributed by atoms with Gasteiger partial charge >= 0.3 is 6.03 Å². The van der Waals surface area contributed by atoms with Crippen molar-refractivity contribution in [2.75, 3.05) is 7.11 Å². The molecule has 0 unspecified atom stereocenters. The zero-order valence-corrected chi connectivity index (χ0v) is 15.6. The zero-order chi connectivity index (χ0) is 20.5. The predicted octanol–water partition coefficient (Wildman–Crippen LogP) is 3.06. The minimum absolute atomic E-state index is 0.0239. The maximum absolute atomic E-state index is 12.8. The van der Waals surface area contributed by atoms with Crippen LogP contribution >= 0.6 is 11.6 Å². The number of nitro benzene ring substituents is 1. The molecule has 0 saturated carbocycles. The molecule has 10 heteroatoms. The summed E-state index contributed by atoms with van der Waals surface area (Å²) in [5, 5.41) is 18.1. The lowest BCUT2D eigenvalue weighted by atomic mass is 9.92. The number of nitrogens with zero attached hydrogens (tertiary/aromatic N) is 3. The van der Waals surface area contributed by atoms with Crippen LogP contribution in [-0.4, -0.2) is 35.2 Å². The number of nitro groups is 1. The van der Waals surface area contributed by atoms with Crippen molar-refractivity contribution in [2.24, 2.45) is 5.10 Å². The highest BCUT2D eigenvalue weighted by molar-refractivity contribution is 6.32. The minimum atomic E-state index is -1.30. The van der Waals surface area contributed by atoms with Gasteiger partial charge in [-0.05, 0) is 30.7 Å². The van der Waals surface area contributed by atoms with Gasteiger partial charge in [0, 0.05) is 11.6 Å². The number of hydrogen-bond acceptors (Lipinski definition) is 6. The molecule has 1 atom stereocenters. The average Bonchev–Trinajstić information content (AvgIpc) is 2.90. The summed E-state index contributed by atoms with van der Waals surface area (Å²) >= 11 is 5.77. The molecule has 1 saturated heterocycles. The van der Waals surface area contributed by atoms with Crippen molar-refractivity contribution in [1.29, 1.82) is 0 Å². The highest BCUT2D eigenvalue weighted by Crippen LogP contribution is 2.30. The summed E-state index contributed by atoms with van der Waals surface area (Å²) < 4.78 is 5.09. The van der Waals surface area contributed by atoms with Crippen molar-refractivity contribution in [3.63, 3.8) is 0 Å². The van der Waals surface area contributed by atoms with Gasteiger partial charge < -0.3 is 10.1 Å². The SMILES string of the molecule is COc1ccc([C@]2(C)NC(=O)N(/N=C\c3ccc(Cl)c([N+](=O)[O-])c3)C2=O)cc1. The number of halogens is 1. The molecule has 9 nitrogen and oxygen atoms in total. The lowest BCUT2D eigenvalue weighted by Crippen LogP contribution is -2.40. The second kappa shape index (κ2) is 7.28. The monoisotopic (exact) mass is 402 g/mol. The normalized spacial score (nSPS) is 19.2. The van der Waals surface area contributed by atoms with E-state index >= 15 is 0 Å². The molecule has 1 N–H and O–H groups in total. The topological polar surface area (TPSA) is 114 Å². The number of nitrogens with one attached hydrogen (secondary N) is 1. The maximum atomic E-state index is 12.8. The number of carbonyl (C=O) groups is 2. The lowest BCUT2D eigenvalue weighted by Gasteiger charge is -2.21. The Morgan fingerprint density at radius 1 is 1.25 bits per heavy atom. The molecular weight excluding hydrogens is 388 g/mol. The average molecular weight is 403 g/mol. The van der Waals surface area contributed by atoms with E-state index in [0.717, 1.165) is 0 Å². The minimum Gasteiger partial charge on any atom is -0.497 e. The van der Waals surface area contributed by atoms with Crippen LogP contribution in [-0.2, 0) is 10.3 Å². The molecule has 0 aliphatic carbocycles. The first-order valence-corrected chi connectivity index (χ1v) is 8.43. The first-order valence-electron chi connectivity index (χ1n) is 8.05. The summed E-state index contributed by atoms with van der Waals surface area (Å²) in [5.41, 5.74) is -0.723. The molecule has 1 aliphatic rings. The Hall–Kier alpha value is -3.46. The van der Waals surface area contributed by atoms with E-state index in [2.05, 4.69) is 10.4 Å². The van der Waals surface area contributed by atoms with E-state index in [0.29, 0.717) is 21.9 Å². The van der Waals surface area contributed by atoms with Crippen LogP contribution in [0.25, 0.3) is 0 Å². The fourth-order valence-corrected chi connectivity index (χ4v) is 2.91. The largest absolute Gasteiger partial charge is 0.497 e. The molecule has 3 amide bonds. The quantitative estimate of drug-likeness (QED) is 0.357. The van der Waals surface area contributed by atoms with Crippen molar-refractivity contribution in [3.05, 3.63) is 68.7 Å². The van der Waals surface area contributed by atoms with Gasteiger partial charge in [-0.15, -0.1) is 5.01 Å². The molecule has 1 heterocycles. The van der Waals surface area contributed by atoms with E-state index in [1.165, 1.54) is 31.5 Å². The number of ether oxygens (including phenoxy) is 1. The molecule has 2 aromatic carbocycles. The van der Waals surface area contributed by atoms with Crippen LogP contribution in [0.15, 0.2) is 47.6 Å². The third-order valence-electron chi connectivity index (χ3n) is 4.33. The van der Waals surface area contributed by atoms with Gasteiger partial charge in [-0.25, -0.2) is 4.79 Å². The first-order chi connectivity index (χ1) is 13.3. The summed E-state index contributed by atoms with van der Waals surface area (Å²) in [6, 6.07) is 10.0. The number of hydrazone groups is 1. The number of hydrogen-bond donors (Lipinski definition) is 1. The molecule has 0 bridgehead atoms. The van der Waals surface area contributed by atoms with Crippen LogP contribution in [0.1, 0.15) is 18.1 Å². The van der Waals surface area contributed by atoms with E-state index in [9.17, 15) is 19.7 Å². The highest BCUT2D eigenvalue weighted by atomic mass is 35.5. The molecule has 0 aromatic heterocycles. The van der Waals surface area contributed by atoms with E-state index in [1.807, 2.05) is 0 Å². The van der Waals surface area contributed by atoms with Gasteiger partial charge in [-0.2, -0.15) is 5.10 Å². The van der Waals surface area contributed by atoms with Crippen molar-refractivity contribution < 1.29 is 19.2 Å². The maximum Gasteiger partial charge on any atom is 0.346 e. The van der Waals surface area contributed by atoms with Gasteiger partial charge in [0.15, 0.2) is 0 Å². The molecule has 1 fully saturated rings. The van der Waals surface area contributed by atoms with Crippen molar-refractivity contribution in [3.8, 4) is 5.75 Å². The predicted molar refractivity (Wildman–Crippen MR) is 101 cm³/mol. The summed E-state index contributed by atoms with van der Waals surface area (Å²) in [6.07, 6.45) is 1.18. The van der Waals surface area contributed by atoms with Gasteiger partial charge in [0.1, 0.15) is 16.3 Å². The van der Waals surface area contributed by atoms with Gasteiger partial charge in [-0.1, -0.05) is 29.8 Å². The zero-order valence-electron chi connectivity index (χ0n) is 14.9. The van der Waals surface area contributed by atoms with Crippen LogP contribution < -0.4 is 10.1 Å². The second-order valence-corrected chi connectivity index (χ2v) is 6.52. The Bertz CT molecular complexity index is 992. The van der Waals surface area contributed by atoms with Gasteiger partial charge in [0.05, 0.1) is 18.2 Å². The summed E-state index contributed by atoms with van der Waals surface area (Å²) in [7, 11) is 1.52. The third kappa shape index (κ3) is 3.39. The van der Waals surface area contributed by atoms with Crippen molar-refractivity contribution >= 4 is 35.4 Å². The van der Waals surface area contributed by atoms with Crippen LogP contribution in [0.3, 0.4) is 0 Å². The van der Waals surface area contributed by atoms with E-state index in [4.69, 9.17) is 16.3 Å². The first kappa shape index (κ1) is 19.3. The molecule has 144 valence electrons. The van der Waals surface area contributed by atoms with Crippen molar-refractivity contribution in [1.82, 2.24) is 10.3 Å². The Morgan fingerprint density at radius 2 is 1.93 bits per heavy atom. The summed E-state index contributed by atoms with van der Waals surface area (Å²) in [4.78, 5) is 35.4. The number of rotatable bonds is 5. The number of urea groups is 1. The molecule has 28 heavy (non-hydrogen) atoms. The van der Waals surface area contributed by atoms with Gasteiger partial charge in [0.25, 0.3) is 11.6 Å². The molecule has 0 spiro atoms. The van der Waals surface area contributed by atoms with Crippen molar-refractivity contribution in [2.45, 2.75) is 12.5 Å². The standard InChI is InChI=1S/C18H15ClN4O5/c1-18(12-4-6-13(28-2)7-5-12)16(24)22(17(25)21-18)20-10-11-3-8-14(19)15(9-11)23(26)27/h3-10H,1-2H3,(H,21,25)/b20-10-/t18-/m0/s1. The summed E-state index contributed by atoms with van der Waals surface area (Å²) in [5.74, 6) is 0.0331. The fraction of sp³-hybridized carbons (Fsp3) is 0.167. The van der Waals surface area contributed by atoms with E-state index in [1.54, 1.807) is 31.2 Å². The molecular formula is C18H15ClN4O5. The number of carbonyl (C=O) groups excluding carboxylic acids is 2. The molecule has 2 aromatic rings. The smallest absolute Gasteiger partial charge is 0.346 e. The van der Waals surface area contributed by atoms with Gasteiger partial charge in [-0.3, -0.25) is 14.9 Å². The van der Waals surface area contributed by atoms with Crippen LogP contribution in [0, 0.1) is 10.1 Å². The Balaban J connectivity index is 1.86. The Labute approximate surface area is 164 Å². The van der Waals surface area contributed by atoms with Crippen LogP contribution in [0.5, 0.6) is 5.75 Å². The number of benzene rings is 2. The molecule has 3 rings (SSSR count). The fourth-order valence-electron chi connectivity index (χ4n) is 2.72.